The maximum absolute atomic E-state index is 9.66. The van der Waals surface area contributed by atoms with Gasteiger partial charge in [0.2, 0.25) is 0 Å². The fraction of sp³-hybridized carbons (Fsp3) is 0.286. The number of rotatable bonds is 4. The van der Waals surface area contributed by atoms with Crippen LogP contribution in [0.3, 0.4) is 0 Å². The lowest BCUT2D eigenvalue weighted by Gasteiger charge is -2.21. The highest BCUT2D eigenvalue weighted by Crippen LogP contribution is 2.30. The molecule has 4 N–H and O–H groups in total. The van der Waals surface area contributed by atoms with E-state index < -0.39 is 5.91 Å². The van der Waals surface area contributed by atoms with Gasteiger partial charge in [-0.2, -0.15) is 0 Å². The lowest BCUT2D eigenvalue weighted by Crippen LogP contribution is -2.40. The van der Waals surface area contributed by atoms with E-state index in [9.17, 15) is 10.2 Å². The zero-order valence-electron chi connectivity index (χ0n) is 12.0. The highest BCUT2D eigenvalue weighted by molar-refractivity contribution is 5.40. The quantitative estimate of drug-likeness (QED) is 0.496. The standard InChI is InChI=1S/C14H17N3O4/c1-8-7-12(10(3)16-9(8)2)21-11-5-4-6-15-13(11)14(18,19)17-20/h4-7,17-20H,1-3H3. The minimum Gasteiger partial charge on any atom is -0.453 e. The number of aromatic nitrogens is 2. The molecule has 112 valence electrons. The minimum absolute atomic E-state index is 0.0946. The zero-order chi connectivity index (χ0) is 15.6. The Hall–Kier alpha value is -2.06. The third-order valence-electron chi connectivity index (χ3n) is 3.09. The van der Waals surface area contributed by atoms with E-state index in [0.29, 0.717) is 11.4 Å². The van der Waals surface area contributed by atoms with Crippen LogP contribution in [-0.4, -0.2) is 25.4 Å². The summed E-state index contributed by atoms with van der Waals surface area (Å²) in [5, 5.41) is 28.1. The molecule has 2 rings (SSSR count). The summed E-state index contributed by atoms with van der Waals surface area (Å²) in [6.45, 7) is 5.58. The molecule has 0 saturated carbocycles. The van der Waals surface area contributed by atoms with Crippen molar-refractivity contribution in [1.82, 2.24) is 15.4 Å². The van der Waals surface area contributed by atoms with Gasteiger partial charge in [0.1, 0.15) is 5.75 Å². The van der Waals surface area contributed by atoms with E-state index >= 15 is 0 Å². The van der Waals surface area contributed by atoms with E-state index in [1.165, 1.54) is 17.7 Å². The molecular formula is C14H17N3O4. The van der Waals surface area contributed by atoms with E-state index in [4.69, 9.17) is 9.94 Å². The molecule has 0 aromatic carbocycles. The molecule has 21 heavy (non-hydrogen) atoms. The fourth-order valence-corrected chi connectivity index (χ4v) is 1.81. The molecule has 0 bridgehead atoms. The van der Waals surface area contributed by atoms with Crippen molar-refractivity contribution in [3.05, 3.63) is 47.0 Å². The summed E-state index contributed by atoms with van der Waals surface area (Å²) in [7, 11) is 0. The molecule has 0 saturated heterocycles. The van der Waals surface area contributed by atoms with Crippen molar-refractivity contribution < 1.29 is 20.2 Å². The molecule has 2 aromatic heterocycles. The number of aliphatic hydroxyl groups is 2. The Kier molecular flexibility index (Phi) is 4.19. The van der Waals surface area contributed by atoms with Crippen molar-refractivity contribution in [2.45, 2.75) is 26.7 Å². The van der Waals surface area contributed by atoms with Crippen molar-refractivity contribution in [1.29, 1.82) is 0 Å². The van der Waals surface area contributed by atoms with Crippen LogP contribution in [0.25, 0.3) is 0 Å². The van der Waals surface area contributed by atoms with Crippen molar-refractivity contribution >= 4 is 0 Å². The van der Waals surface area contributed by atoms with Gasteiger partial charge in [-0.1, -0.05) is 0 Å². The van der Waals surface area contributed by atoms with Gasteiger partial charge in [0.05, 0.1) is 5.69 Å². The first-order valence-corrected chi connectivity index (χ1v) is 6.29. The van der Waals surface area contributed by atoms with Gasteiger partial charge in [-0.15, -0.1) is 5.48 Å². The third-order valence-corrected chi connectivity index (χ3v) is 3.09. The maximum atomic E-state index is 9.66. The van der Waals surface area contributed by atoms with E-state index in [1.54, 1.807) is 19.1 Å². The van der Waals surface area contributed by atoms with Gasteiger partial charge >= 0.3 is 0 Å². The molecule has 0 atom stereocenters. The summed E-state index contributed by atoms with van der Waals surface area (Å²) in [6.07, 6.45) is 1.35. The van der Waals surface area contributed by atoms with Crippen molar-refractivity contribution in [3.8, 4) is 11.5 Å². The van der Waals surface area contributed by atoms with Crippen LogP contribution in [0.4, 0.5) is 0 Å². The molecule has 0 fully saturated rings. The normalized spacial score (nSPS) is 11.5. The first kappa shape index (κ1) is 15.3. The number of hydrogen-bond acceptors (Lipinski definition) is 7. The third kappa shape index (κ3) is 3.17. The predicted molar refractivity (Wildman–Crippen MR) is 73.8 cm³/mol. The van der Waals surface area contributed by atoms with Crippen LogP contribution in [0.5, 0.6) is 11.5 Å². The Bertz CT molecular complexity index is 659. The van der Waals surface area contributed by atoms with Crippen molar-refractivity contribution in [2.75, 3.05) is 0 Å². The summed E-state index contributed by atoms with van der Waals surface area (Å²) in [5.41, 5.74) is 3.61. The van der Waals surface area contributed by atoms with E-state index in [0.717, 1.165) is 11.3 Å². The number of nitrogens with one attached hydrogen (secondary N) is 1. The van der Waals surface area contributed by atoms with Crippen molar-refractivity contribution in [2.24, 2.45) is 0 Å². The average Bonchev–Trinajstić information content (AvgIpc) is 2.45. The van der Waals surface area contributed by atoms with Crippen LogP contribution in [0.15, 0.2) is 24.4 Å². The zero-order valence-corrected chi connectivity index (χ0v) is 12.0. The summed E-state index contributed by atoms with van der Waals surface area (Å²) in [5.74, 6) is -2.14. The van der Waals surface area contributed by atoms with Crippen molar-refractivity contribution in [3.63, 3.8) is 0 Å². The second-order valence-corrected chi connectivity index (χ2v) is 4.71. The molecule has 7 heteroatoms. The second-order valence-electron chi connectivity index (χ2n) is 4.71. The molecule has 7 nitrogen and oxygen atoms in total. The van der Waals surface area contributed by atoms with Crippen LogP contribution in [0, 0.1) is 20.8 Å². The Balaban J connectivity index is 2.44. The molecule has 2 heterocycles. The van der Waals surface area contributed by atoms with Gasteiger partial charge in [-0.3, -0.25) is 9.97 Å². The highest BCUT2D eigenvalue weighted by Gasteiger charge is 2.31. The van der Waals surface area contributed by atoms with Crippen LogP contribution in [0.1, 0.15) is 22.6 Å². The maximum Gasteiger partial charge on any atom is 0.294 e. The Morgan fingerprint density at radius 2 is 1.86 bits per heavy atom. The van der Waals surface area contributed by atoms with Crippen LogP contribution in [-0.2, 0) is 5.91 Å². The number of hydroxylamine groups is 1. The number of ether oxygens (including phenoxy) is 1. The number of nitrogens with zero attached hydrogens (tertiary/aromatic N) is 2. The molecule has 0 spiro atoms. The average molecular weight is 291 g/mol. The predicted octanol–water partition coefficient (Wildman–Crippen LogP) is 1.27. The van der Waals surface area contributed by atoms with E-state index in [2.05, 4.69) is 9.97 Å². The molecular weight excluding hydrogens is 274 g/mol. The monoisotopic (exact) mass is 291 g/mol. The summed E-state index contributed by atoms with van der Waals surface area (Å²) in [6, 6.07) is 4.89. The number of pyridine rings is 2. The summed E-state index contributed by atoms with van der Waals surface area (Å²) in [4.78, 5) is 8.16. The SMILES string of the molecule is Cc1cc(Oc2cccnc2C(O)(O)NO)c(C)nc1C. The number of aryl methyl sites for hydroxylation is 3. The lowest BCUT2D eigenvalue weighted by molar-refractivity contribution is -0.253. The van der Waals surface area contributed by atoms with Crippen LogP contribution >= 0.6 is 0 Å². The molecule has 0 aliphatic rings. The highest BCUT2D eigenvalue weighted by atomic mass is 16.6. The van der Waals surface area contributed by atoms with Crippen LogP contribution < -0.4 is 10.2 Å². The number of hydrogen-bond donors (Lipinski definition) is 4. The smallest absolute Gasteiger partial charge is 0.294 e. The summed E-state index contributed by atoms with van der Waals surface area (Å²) < 4.78 is 5.67. The van der Waals surface area contributed by atoms with Gasteiger partial charge in [0.25, 0.3) is 5.91 Å². The molecule has 0 radical (unpaired) electrons. The second kappa shape index (κ2) is 5.74. The topological polar surface area (TPSA) is 108 Å². The summed E-state index contributed by atoms with van der Waals surface area (Å²) >= 11 is 0. The first-order valence-electron chi connectivity index (χ1n) is 6.29. The largest absolute Gasteiger partial charge is 0.453 e. The van der Waals surface area contributed by atoms with Gasteiger partial charge in [0, 0.05) is 11.9 Å². The molecule has 0 aliphatic heterocycles. The first-order chi connectivity index (χ1) is 9.85. The van der Waals surface area contributed by atoms with Gasteiger partial charge in [-0.05, 0) is 44.5 Å². The van der Waals surface area contributed by atoms with Gasteiger partial charge in [0.15, 0.2) is 11.4 Å². The fourth-order valence-electron chi connectivity index (χ4n) is 1.81. The molecule has 0 amide bonds. The lowest BCUT2D eigenvalue weighted by atomic mass is 10.2. The van der Waals surface area contributed by atoms with Crippen LogP contribution in [0.2, 0.25) is 0 Å². The Morgan fingerprint density at radius 1 is 1.14 bits per heavy atom. The van der Waals surface area contributed by atoms with Gasteiger partial charge in [-0.25, -0.2) is 0 Å². The molecule has 0 unspecified atom stereocenters. The van der Waals surface area contributed by atoms with E-state index in [1.807, 2.05) is 13.8 Å². The Morgan fingerprint density at radius 3 is 2.52 bits per heavy atom. The van der Waals surface area contributed by atoms with Gasteiger partial charge < -0.3 is 20.2 Å². The molecule has 0 aliphatic carbocycles. The van der Waals surface area contributed by atoms with E-state index in [-0.39, 0.29) is 11.4 Å². The molecule has 2 aromatic rings. The Labute approximate surface area is 121 Å². The minimum atomic E-state index is -2.71.